The van der Waals surface area contributed by atoms with Crippen LogP contribution in [0, 0.1) is 0 Å². The van der Waals surface area contributed by atoms with Gasteiger partial charge in [-0.1, -0.05) is 60.7 Å². The molecule has 1 aliphatic heterocycles. The van der Waals surface area contributed by atoms with E-state index in [9.17, 15) is 0 Å². The molecular weight excluding hydrogens is 413 g/mol. The van der Waals surface area contributed by atoms with E-state index in [1.54, 1.807) is 0 Å². The van der Waals surface area contributed by atoms with Gasteiger partial charge in [0.15, 0.2) is 5.96 Å². The number of hydrogen-bond donors (Lipinski definition) is 1. The number of likely N-dealkylation sites (tertiary alicyclic amines) is 1. The van der Waals surface area contributed by atoms with Gasteiger partial charge in [0.1, 0.15) is 0 Å². The highest BCUT2D eigenvalue weighted by Gasteiger charge is 2.20. The van der Waals surface area contributed by atoms with Crippen molar-refractivity contribution in [2.75, 3.05) is 20.1 Å². The quantitative estimate of drug-likeness (QED) is 0.454. The lowest BCUT2D eigenvalue weighted by molar-refractivity contribution is 0.485. The molecule has 1 saturated heterocycles. The van der Waals surface area contributed by atoms with Gasteiger partial charge in [0.2, 0.25) is 0 Å². The standard InChI is InChI=1S/C19H23N3.HI.H2O/c1-20-19(22-14-8-9-15-22)21-18(16-10-4-2-5-11-16)17-12-6-3-7-13-17;;/h2-7,10-13,18H,8-9,14-15H2,1H3,(H,20,21);1H;1H2. The Morgan fingerprint density at radius 3 is 1.79 bits per heavy atom. The minimum Gasteiger partial charge on any atom is -0.412 e. The normalized spacial score (nSPS) is 14.1. The number of guanidine groups is 1. The average molecular weight is 439 g/mol. The van der Waals surface area contributed by atoms with Crippen LogP contribution < -0.4 is 5.32 Å². The van der Waals surface area contributed by atoms with Gasteiger partial charge >= 0.3 is 0 Å². The maximum absolute atomic E-state index is 4.49. The zero-order valence-corrected chi connectivity index (χ0v) is 16.3. The Morgan fingerprint density at radius 2 is 1.38 bits per heavy atom. The van der Waals surface area contributed by atoms with Crippen LogP contribution in [0.3, 0.4) is 0 Å². The van der Waals surface area contributed by atoms with E-state index in [2.05, 4.69) is 75.9 Å². The molecule has 0 aromatic heterocycles. The highest BCUT2D eigenvalue weighted by molar-refractivity contribution is 14.0. The van der Waals surface area contributed by atoms with Crippen LogP contribution in [-0.4, -0.2) is 36.5 Å². The summed E-state index contributed by atoms with van der Waals surface area (Å²) in [6.45, 7) is 2.19. The van der Waals surface area contributed by atoms with Gasteiger partial charge in [-0.15, -0.1) is 24.0 Å². The van der Waals surface area contributed by atoms with Gasteiger partial charge in [0.25, 0.3) is 0 Å². The first-order chi connectivity index (χ1) is 10.9. The third-order valence-electron chi connectivity index (χ3n) is 4.16. The maximum atomic E-state index is 4.49. The number of nitrogens with one attached hydrogen (secondary N) is 1. The molecule has 2 aromatic rings. The van der Waals surface area contributed by atoms with E-state index in [4.69, 9.17) is 0 Å². The van der Waals surface area contributed by atoms with Crippen LogP contribution in [0.4, 0.5) is 0 Å². The second-order valence-electron chi connectivity index (χ2n) is 5.64. The molecule has 1 aliphatic rings. The molecule has 0 saturated carbocycles. The fourth-order valence-electron chi connectivity index (χ4n) is 3.01. The summed E-state index contributed by atoms with van der Waals surface area (Å²) in [6, 6.07) is 21.3. The van der Waals surface area contributed by atoms with E-state index in [1.807, 2.05) is 7.05 Å². The lowest BCUT2D eigenvalue weighted by Crippen LogP contribution is -2.41. The van der Waals surface area contributed by atoms with Crippen molar-refractivity contribution in [3.05, 3.63) is 71.8 Å². The van der Waals surface area contributed by atoms with Gasteiger partial charge in [0.05, 0.1) is 6.04 Å². The number of benzene rings is 2. The molecule has 4 nitrogen and oxygen atoms in total. The number of halogens is 1. The molecule has 0 amide bonds. The fourth-order valence-corrected chi connectivity index (χ4v) is 3.01. The molecule has 2 aromatic carbocycles. The topological polar surface area (TPSA) is 59.1 Å². The molecule has 0 spiro atoms. The molecular formula is C19H26IN3O. The van der Waals surface area contributed by atoms with E-state index in [-0.39, 0.29) is 35.5 Å². The molecule has 3 N–H and O–H groups in total. The van der Waals surface area contributed by atoms with Crippen molar-refractivity contribution in [3.63, 3.8) is 0 Å². The summed E-state index contributed by atoms with van der Waals surface area (Å²) in [5.74, 6) is 0.996. The summed E-state index contributed by atoms with van der Waals surface area (Å²) in [4.78, 5) is 6.84. The Kier molecular flexibility index (Phi) is 8.78. The van der Waals surface area contributed by atoms with Gasteiger partial charge in [0, 0.05) is 20.1 Å². The second kappa shape index (κ2) is 10.3. The van der Waals surface area contributed by atoms with Crippen molar-refractivity contribution in [1.82, 2.24) is 10.2 Å². The molecule has 1 heterocycles. The smallest absolute Gasteiger partial charge is 0.194 e. The summed E-state index contributed by atoms with van der Waals surface area (Å²) < 4.78 is 0. The van der Waals surface area contributed by atoms with Gasteiger partial charge in [-0.25, -0.2) is 0 Å². The lowest BCUT2D eigenvalue weighted by Gasteiger charge is -2.27. The molecule has 0 unspecified atom stereocenters. The van der Waals surface area contributed by atoms with Crippen LogP contribution in [0.1, 0.15) is 30.0 Å². The van der Waals surface area contributed by atoms with E-state index in [1.165, 1.54) is 24.0 Å². The summed E-state index contributed by atoms with van der Waals surface area (Å²) in [5.41, 5.74) is 2.52. The number of aliphatic imine (C=N–C) groups is 1. The third kappa shape index (κ3) is 4.95. The van der Waals surface area contributed by atoms with E-state index < -0.39 is 0 Å². The van der Waals surface area contributed by atoms with Crippen molar-refractivity contribution >= 4 is 29.9 Å². The lowest BCUT2D eigenvalue weighted by atomic mass is 9.99. The Balaban J connectivity index is 0.00000144. The van der Waals surface area contributed by atoms with Crippen molar-refractivity contribution in [3.8, 4) is 0 Å². The first-order valence-corrected chi connectivity index (χ1v) is 7.96. The van der Waals surface area contributed by atoms with E-state index in [0.29, 0.717) is 0 Å². The zero-order chi connectivity index (χ0) is 15.2. The molecule has 130 valence electrons. The monoisotopic (exact) mass is 439 g/mol. The van der Waals surface area contributed by atoms with Crippen molar-refractivity contribution in [1.29, 1.82) is 0 Å². The van der Waals surface area contributed by atoms with Crippen LogP contribution in [0.2, 0.25) is 0 Å². The second-order valence-corrected chi connectivity index (χ2v) is 5.64. The molecule has 3 rings (SSSR count). The molecule has 1 fully saturated rings. The van der Waals surface area contributed by atoms with Gasteiger partial charge in [-0.3, -0.25) is 4.99 Å². The van der Waals surface area contributed by atoms with Crippen molar-refractivity contribution in [2.24, 2.45) is 4.99 Å². The first-order valence-electron chi connectivity index (χ1n) is 7.96. The SMILES string of the molecule is CN=C(NC(c1ccccc1)c1ccccc1)N1CCCC1.I.O. The summed E-state index contributed by atoms with van der Waals surface area (Å²) in [7, 11) is 1.87. The van der Waals surface area contributed by atoms with E-state index >= 15 is 0 Å². The molecule has 0 atom stereocenters. The van der Waals surface area contributed by atoms with Crippen molar-refractivity contribution < 1.29 is 5.48 Å². The van der Waals surface area contributed by atoms with Crippen LogP contribution in [0.25, 0.3) is 0 Å². The van der Waals surface area contributed by atoms with Gasteiger partial charge < -0.3 is 15.7 Å². The Morgan fingerprint density at radius 1 is 0.917 bits per heavy atom. The Bertz CT molecular complexity index is 574. The third-order valence-corrected chi connectivity index (χ3v) is 4.16. The van der Waals surface area contributed by atoms with Gasteiger partial charge in [-0.2, -0.15) is 0 Å². The summed E-state index contributed by atoms with van der Waals surface area (Å²) in [6.07, 6.45) is 2.50. The molecule has 0 radical (unpaired) electrons. The zero-order valence-electron chi connectivity index (χ0n) is 14.0. The molecule has 5 heteroatoms. The number of nitrogens with zero attached hydrogens (tertiary/aromatic N) is 2. The Hall–Kier alpha value is -1.60. The fraction of sp³-hybridized carbons (Fsp3) is 0.316. The first kappa shape index (κ1) is 20.4. The predicted molar refractivity (Wildman–Crippen MR) is 111 cm³/mol. The van der Waals surface area contributed by atoms with Crippen molar-refractivity contribution in [2.45, 2.75) is 18.9 Å². The largest absolute Gasteiger partial charge is 0.412 e. The number of hydrogen-bond acceptors (Lipinski definition) is 1. The Labute approximate surface area is 161 Å². The number of rotatable bonds is 3. The minimum atomic E-state index is 0. The van der Waals surface area contributed by atoms with Crippen LogP contribution in [0.5, 0.6) is 0 Å². The van der Waals surface area contributed by atoms with Gasteiger partial charge in [-0.05, 0) is 24.0 Å². The van der Waals surface area contributed by atoms with E-state index in [0.717, 1.165) is 19.0 Å². The van der Waals surface area contributed by atoms with Crippen LogP contribution in [-0.2, 0) is 0 Å². The maximum Gasteiger partial charge on any atom is 0.194 e. The molecule has 0 bridgehead atoms. The predicted octanol–water partition coefficient (Wildman–Crippen LogP) is 3.24. The summed E-state index contributed by atoms with van der Waals surface area (Å²) >= 11 is 0. The highest BCUT2D eigenvalue weighted by atomic mass is 127. The van der Waals surface area contributed by atoms with Crippen LogP contribution in [0.15, 0.2) is 65.7 Å². The minimum absolute atomic E-state index is 0. The van der Waals surface area contributed by atoms with Crippen LogP contribution >= 0.6 is 24.0 Å². The summed E-state index contributed by atoms with van der Waals surface area (Å²) in [5, 5.41) is 3.65. The molecule has 24 heavy (non-hydrogen) atoms. The molecule has 0 aliphatic carbocycles. The highest BCUT2D eigenvalue weighted by Crippen LogP contribution is 2.22. The average Bonchev–Trinajstić information content (AvgIpc) is 3.12.